The molecule has 1 aliphatic rings. The van der Waals surface area contributed by atoms with Gasteiger partial charge < -0.3 is 15.7 Å². The zero-order chi connectivity index (χ0) is 14.9. The molecule has 0 aliphatic carbocycles. The van der Waals surface area contributed by atoms with Crippen molar-refractivity contribution in [2.24, 2.45) is 0 Å². The Kier molecular flexibility index (Phi) is 3.89. The van der Waals surface area contributed by atoms with E-state index in [4.69, 9.17) is 5.73 Å². The van der Waals surface area contributed by atoms with Gasteiger partial charge in [0, 0.05) is 19.2 Å². The molecule has 1 heterocycles. The summed E-state index contributed by atoms with van der Waals surface area (Å²) >= 11 is 0. The number of likely N-dealkylation sites (tertiary alicyclic amines) is 1. The van der Waals surface area contributed by atoms with E-state index < -0.39 is 4.92 Å². The number of anilines is 1. The number of rotatable bonds is 2. The molecule has 0 aromatic heterocycles. The van der Waals surface area contributed by atoms with Crippen molar-refractivity contribution in [2.45, 2.75) is 25.9 Å². The van der Waals surface area contributed by atoms with Gasteiger partial charge in [0.2, 0.25) is 0 Å². The Morgan fingerprint density at radius 1 is 1.45 bits per heavy atom. The van der Waals surface area contributed by atoms with Crippen LogP contribution >= 0.6 is 0 Å². The summed E-state index contributed by atoms with van der Waals surface area (Å²) < 4.78 is 0. The standard InChI is InChI=1S/C13H17N3O4/c1-8-6-10(12(14)11(7-8)16(19)20)13(18)15-4-2-9(17)3-5-15/h6-7,9,17H,2-5,14H2,1H3. The largest absolute Gasteiger partial charge is 0.393 e. The number of carbonyl (C=O) groups excluding carboxylic acids is 1. The quantitative estimate of drug-likeness (QED) is 0.478. The molecule has 1 fully saturated rings. The molecule has 1 aliphatic heterocycles. The van der Waals surface area contributed by atoms with Crippen LogP contribution in [-0.4, -0.2) is 40.0 Å². The molecule has 1 saturated heterocycles. The highest BCUT2D eigenvalue weighted by Gasteiger charge is 2.26. The van der Waals surface area contributed by atoms with Crippen LogP contribution in [0.2, 0.25) is 0 Å². The number of aryl methyl sites for hydroxylation is 1. The highest BCUT2D eigenvalue weighted by Crippen LogP contribution is 2.28. The third kappa shape index (κ3) is 2.72. The molecule has 0 atom stereocenters. The molecule has 2 rings (SSSR count). The first-order chi connectivity index (χ1) is 9.40. The fraction of sp³-hybridized carbons (Fsp3) is 0.462. The predicted octanol–water partition coefficient (Wildman–Crippen LogP) is 1.08. The van der Waals surface area contributed by atoms with Crippen LogP contribution in [0, 0.1) is 17.0 Å². The summed E-state index contributed by atoms with van der Waals surface area (Å²) in [5.41, 5.74) is 6.18. The van der Waals surface area contributed by atoms with Gasteiger partial charge in [-0.25, -0.2) is 0 Å². The van der Waals surface area contributed by atoms with Crippen LogP contribution in [0.3, 0.4) is 0 Å². The second-order valence-corrected chi connectivity index (χ2v) is 5.03. The number of hydrogen-bond donors (Lipinski definition) is 2. The lowest BCUT2D eigenvalue weighted by Gasteiger charge is -2.30. The Bertz CT molecular complexity index is 551. The molecule has 108 valence electrons. The van der Waals surface area contributed by atoms with Gasteiger partial charge in [0.15, 0.2) is 0 Å². The van der Waals surface area contributed by atoms with Gasteiger partial charge in [-0.1, -0.05) is 0 Å². The molecular formula is C13H17N3O4. The Morgan fingerprint density at radius 3 is 2.60 bits per heavy atom. The summed E-state index contributed by atoms with van der Waals surface area (Å²) in [4.78, 5) is 24.3. The van der Waals surface area contributed by atoms with Crippen molar-refractivity contribution < 1.29 is 14.8 Å². The molecule has 1 aromatic rings. The number of aliphatic hydroxyl groups excluding tert-OH is 1. The first-order valence-electron chi connectivity index (χ1n) is 6.42. The van der Waals surface area contributed by atoms with Crippen molar-refractivity contribution in [1.29, 1.82) is 0 Å². The summed E-state index contributed by atoms with van der Waals surface area (Å²) in [6, 6.07) is 2.92. The maximum atomic E-state index is 12.4. The number of nitrogens with zero attached hydrogens (tertiary/aromatic N) is 2. The Labute approximate surface area is 116 Å². The van der Waals surface area contributed by atoms with E-state index in [0.717, 1.165) is 0 Å². The van der Waals surface area contributed by atoms with Crippen molar-refractivity contribution in [1.82, 2.24) is 4.90 Å². The maximum absolute atomic E-state index is 12.4. The fourth-order valence-electron chi connectivity index (χ4n) is 2.35. The van der Waals surface area contributed by atoms with Gasteiger partial charge in [0.1, 0.15) is 5.69 Å². The minimum atomic E-state index is -0.584. The number of carbonyl (C=O) groups is 1. The molecule has 0 saturated carbocycles. The highest BCUT2D eigenvalue weighted by molar-refractivity contribution is 6.01. The molecule has 7 nitrogen and oxygen atoms in total. The third-order valence-corrected chi connectivity index (χ3v) is 3.48. The molecule has 1 amide bonds. The minimum Gasteiger partial charge on any atom is -0.393 e. The molecule has 3 N–H and O–H groups in total. The van der Waals surface area contributed by atoms with Gasteiger partial charge in [-0.15, -0.1) is 0 Å². The monoisotopic (exact) mass is 279 g/mol. The predicted molar refractivity (Wildman–Crippen MR) is 73.4 cm³/mol. The topological polar surface area (TPSA) is 110 Å². The number of benzene rings is 1. The normalized spacial score (nSPS) is 16.2. The number of piperidine rings is 1. The first-order valence-corrected chi connectivity index (χ1v) is 6.42. The Morgan fingerprint density at radius 2 is 2.05 bits per heavy atom. The number of nitrogen functional groups attached to an aromatic ring is 1. The third-order valence-electron chi connectivity index (χ3n) is 3.48. The molecule has 7 heteroatoms. The average Bonchev–Trinajstić information content (AvgIpc) is 2.41. The zero-order valence-corrected chi connectivity index (χ0v) is 11.2. The van der Waals surface area contributed by atoms with E-state index in [1.165, 1.54) is 6.07 Å². The van der Waals surface area contributed by atoms with Crippen molar-refractivity contribution in [3.63, 3.8) is 0 Å². The highest BCUT2D eigenvalue weighted by atomic mass is 16.6. The van der Waals surface area contributed by atoms with E-state index in [1.807, 2.05) is 0 Å². The molecule has 0 bridgehead atoms. The molecule has 0 unspecified atom stereocenters. The SMILES string of the molecule is Cc1cc(C(=O)N2CCC(O)CC2)c(N)c([N+](=O)[O-])c1. The molecule has 0 radical (unpaired) electrons. The van der Waals surface area contributed by atoms with E-state index in [2.05, 4.69) is 0 Å². The molecule has 0 spiro atoms. The van der Waals surface area contributed by atoms with Gasteiger partial charge in [-0.05, 0) is 31.4 Å². The summed E-state index contributed by atoms with van der Waals surface area (Å²) in [5.74, 6) is -0.318. The summed E-state index contributed by atoms with van der Waals surface area (Å²) in [5, 5.41) is 20.4. The Hall–Kier alpha value is -2.15. The smallest absolute Gasteiger partial charge is 0.293 e. The van der Waals surface area contributed by atoms with Gasteiger partial charge in [-0.2, -0.15) is 0 Å². The maximum Gasteiger partial charge on any atom is 0.293 e. The number of nitro groups is 1. The summed E-state index contributed by atoms with van der Waals surface area (Å²) in [7, 11) is 0. The lowest BCUT2D eigenvalue weighted by molar-refractivity contribution is -0.384. The minimum absolute atomic E-state index is 0.100. The molecular weight excluding hydrogens is 262 g/mol. The van der Waals surface area contributed by atoms with Gasteiger partial charge in [-0.3, -0.25) is 14.9 Å². The van der Waals surface area contributed by atoms with Gasteiger partial charge >= 0.3 is 0 Å². The van der Waals surface area contributed by atoms with Crippen LogP contribution in [0.1, 0.15) is 28.8 Å². The van der Waals surface area contributed by atoms with Crippen LogP contribution in [0.5, 0.6) is 0 Å². The summed E-state index contributed by atoms with van der Waals surface area (Å²) in [6.07, 6.45) is 0.641. The zero-order valence-electron chi connectivity index (χ0n) is 11.2. The van der Waals surface area contributed by atoms with Crippen LogP contribution in [0.15, 0.2) is 12.1 Å². The number of nitro benzene ring substituents is 1. The van der Waals surface area contributed by atoms with E-state index in [1.54, 1.807) is 17.9 Å². The lowest BCUT2D eigenvalue weighted by atomic mass is 10.0. The Balaban J connectivity index is 2.32. The van der Waals surface area contributed by atoms with Crippen molar-refractivity contribution >= 4 is 17.3 Å². The number of amides is 1. The number of hydrogen-bond acceptors (Lipinski definition) is 5. The van der Waals surface area contributed by atoms with E-state index >= 15 is 0 Å². The second-order valence-electron chi connectivity index (χ2n) is 5.03. The van der Waals surface area contributed by atoms with Crippen LogP contribution in [0.25, 0.3) is 0 Å². The van der Waals surface area contributed by atoms with Crippen LogP contribution < -0.4 is 5.73 Å². The number of nitrogens with two attached hydrogens (primary N) is 1. The fourth-order valence-corrected chi connectivity index (χ4v) is 2.35. The van der Waals surface area contributed by atoms with Crippen LogP contribution in [0.4, 0.5) is 11.4 Å². The van der Waals surface area contributed by atoms with Crippen molar-refractivity contribution in [3.8, 4) is 0 Å². The van der Waals surface area contributed by atoms with E-state index in [0.29, 0.717) is 31.5 Å². The van der Waals surface area contributed by atoms with E-state index in [9.17, 15) is 20.0 Å². The van der Waals surface area contributed by atoms with Crippen molar-refractivity contribution in [2.75, 3.05) is 18.8 Å². The van der Waals surface area contributed by atoms with Gasteiger partial charge in [0.25, 0.3) is 11.6 Å². The average molecular weight is 279 g/mol. The van der Waals surface area contributed by atoms with E-state index in [-0.39, 0.29) is 28.9 Å². The van der Waals surface area contributed by atoms with Crippen LogP contribution in [-0.2, 0) is 0 Å². The lowest BCUT2D eigenvalue weighted by Crippen LogP contribution is -2.40. The summed E-state index contributed by atoms with van der Waals surface area (Å²) in [6.45, 7) is 2.55. The molecule has 20 heavy (non-hydrogen) atoms. The number of aliphatic hydroxyl groups is 1. The van der Waals surface area contributed by atoms with Crippen molar-refractivity contribution in [3.05, 3.63) is 33.4 Å². The van der Waals surface area contributed by atoms with Gasteiger partial charge in [0.05, 0.1) is 16.6 Å². The molecule has 1 aromatic carbocycles. The second kappa shape index (κ2) is 5.46. The first kappa shape index (κ1) is 14.3.